The standard InChI is InChI=1S/C30H30ClNO6/c1-17(2)16-38-22-11-7-19(8-12-22)28(33)26-27(20-9-13-24(36-4)25(14-20)37-5)32(30(35)29(26)34)23-15-21(31)10-6-18(23)3/h6-15,17,27,33H,16H2,1-5H3/b28-26+. The lowest BCUT2D eigenvalue weighted by atomic mass is 9.94. The zero-order valence-corrected chi connectivity index (χ0v) is 22.7. The van der Waals surface area contributed by atoms with E-state index in [-0.39, 0.29) is 11.3 Å². The van der Waals surface area contributed by atoms with Crippen molar-refractivity contribution in [1.82, 2.24) is 0 Å². The van der Waals surface area contributed by atoms with Gasteiger partial charge < -0.3 is 19.3 Å². The number of Topliss-reactive ketones (excluding diaryl/α,β-unsaturated/α-hetero) is 1. The molecule has 0 saturated carbocycles. The molecule has 38 heavy (non-hydrogen) atoms. The number of ether oxygens (including phenoxy) is 3. The predicted molar refractivity (Wildman–Crippen MR) is 147 cm³/mol. The highest BCUT2D eigenvalue weighted by Gasteiger charge is 2.47. The quantitative estimate of drug-likeness (QED) is 0.206. The molecule has 1 heterocycles. The minimum absolute atomic E-state index is 0.0440. The summed E-state index contributed by atoms with van der Waals surface area (Å²) in [5.41, 5.74) is 2.11. The number of methoxy groups -OCH3 is 2. The zero-order valence-electron chi connectivity index (χ0n) is 21.9. The maximum Gasteiger partial charge on any atom is 0.300 e. The fraction of sp³-hybridized carbons (Fsp3) is 0.267. The van der Waals surface area contributed by atoms with Crippen LogP contribution >= 0.6 is 11.6 Å². The molecular formula is C30H30ClNO6. The maximum absolute atomic E-state index is 13.5. The first-order valence-corrected chi connectivity index (χ1v) is 12.6. The second kappa shape index (κ2) is 11.2. The van der Waals surface area contributed by atoms with Crippen LogP contribution < -0.4 is 19.1 Å². The smallest absolute Gasteiger partial charge is 0.300 e. The highest BCUT2D eigenvalue weighted by Crippen LogP contribution is 2.45. The normalized spacial score (nSPS) is 16.7. The lowest BCUT2D eigenvalue weighted by Crippen LogP contribution is -2.30. The van der Waals surface area contributed by atoms with E-state index in [1.807, 2.05) is 6.92 Å². The number of aryl methyl sites for hydroxylation is 1. The monoisotopic (exact) mass is 535 g/mol. The first kappa shape index (κ1) is 27.1. The number of nitrogens with zero attached hydrogens (tertiary/aromatic N) is 1. The fourth-order valence-electron chi connectivity index (χ4n) is 4.39. The fourth-order valence-corrected chi connectivity index (χ4v) is 4.56. The second-order valence-electron chi connectivity index (χ2n) is 9.44. The molecule has 4 rings (SSSR count). The molecule has 1 aliphatic rings. The van der Waals surface area contributed by atoms with Crippen LogP contribution in [-0.2, 0) is 9.59 Å². The van der Waals surface area contributed by atoms with Gasteiger partial charge >= 0.3 is 0 Å². The highest BCUT2D eigenvalue weighted by molar-refractivity contribution is 6.52. The number of halogens is 1. The molecule has 0 spiro atoms. The number of carbonyl (C=O) groups excluding carboxylic acids is 2. The molecule has 1 saturated heterocycles. The van der Waals surface area contributed by atoms with Gasteiger partial charge in [0.25, 0.3) is 11.7 Å². The number of carbonyl (C=O) groups is 2. The SMILES string of the molecule is COc1ccc(C2/C(=C(\O)c3ccc(OCC(C)C)cc3)C(=O)C(=O)N2c2cc(Cl)ccc2C)cc1OC. The third kappa shape index (κ3) is 5.20. The summed E-state index contributed by atoms with van der Waals surface area (Å²) in [5, 5.41) is 11.8. The molecule has 0 aromatic heterocycles. The Hall–Kier alpha value is -3.97. The lowest BCUT2D eigenvalue weighted by Gasteiger charge is -2.27. The van der Waals surface area contributed by atoms with Crippen LogP contribution in [0.25, 0.3) is 5.76 Å². The number of ketones is 1. The summed E-state index contributed by atoms with van der Waals surface area (Å²) in [6.07, 6.45) is 0. The van der Waals surface area contributed by atoms with Crippen LogP contribution in [0.3, 0.4) is 0 Å². The number of hydrogen-bond donors (Lipinski definition) is 1. The predicted octanol–water partition coefficient (Wildman–Crippen LogP) is 6.33. The van der Waals surface area contributed by atoms with E-state index in [0.29, 0.717) is 51.6 Å². The maximum atomic E-state index is 13.5. The topological polar surface area (TPSA) is 85.3 Å². The van der Waals surface area contributed by atoms with Gasteiger partial charge in [0.2, 0.25) is 0 Å². The van der Waals surface area contributed by atoms with Crippen molar-refractivity contribution in [3.8, 4) is 17.2 Å². The van der Waals surface area contributed by atoms with Crippen molar-refractivity contribution in [2.45, 2.75) is 26.8 Å². The molecule has 198 valence electrons. The molecule has 0 radical (unpaired) electrons. The summed E-state index contributed by atoms with van der Waals surface area (Å²) in [4.78, 5) is 28.3. The average molecular weight is 536 g/mol. The van der Waals surface area contributed by atoms with Crippen molar-refractivity contribution in [1.29, 1.82) is 0 Å². The molecule has 8 heteroatoms. The number of aliphatic hydroxyl groups excluding tert-OH is 1. The number of anilines is 1. The van der Waals surface area contributed by atoms with Crippen molar-refractivity contribution in [2.24, 2.45) is 5.92 Å². The van der Waals surface area contributed by atoms with Crippen LogP contribution in [-0.4, -0.2) is 37.6 Å². The van der Waals surface area contributed by atoms with Crippen molar-refractivity contribution in [2.75, 3.05) is 25.7 Å². The third-order valence-electron chi connectivity index (χ3n) is 6.31. The molecule has 1 N–H and O–H groups in total. The highest BCUT2D eigenvalue weighted by atomic mass is 35.5. The van der Waals surface area contributed by atoms with Crippen molar-refractivity contribution < 1.29 is 28.9 Å². The van der Waals surface area contributed by atoms with Crippen LogP contribution in [0.4, 0.5) is 5.69 Å². The van der Waals surface area contributed by atoms with Gasteiger partial charge in [0, 0.05) is 16.3 Å². The molecule has 1 atom stereocenters. The first-order valence-electron chi connectivity index (χ1n) is 12.2. The molecule has 0 aliphatic carbocycles. The Labute approximate surface area is 227 Å². The van der Waals surface area contributed by atoms with Gasteiger partial charge in [-0.1, -0.05) is 37.6 Å². The van der Waals surface area contributed by atoms with Gasteiger partial charge in [-0.3, -0.25) is 14.5 Å². The van der Waals surface area contributed by atoms with Gasteiger partial charge in [-0.2, -0.15) is 0 Å². The first-order chi connectivity index (χ1) is 18.2. The Morgan fingerprint density at radius 2 is 1.66 bits per heavy atom. The van der Waals surface area contributed by atoms with E-state index < -0.39 is 17.7 Å². The molecule has 1 unspecified atom stereocenters. The molecule has 3 aromatic carbocycles. The van der Waals surface area contributed by atoms with Crippen molar-refractivity contribution >= 4 is 34.7 Å². The number of hydrogen-bond acceptors (Lipinski definition) is 6. The molecule has 7 nitrogen and oxygen atoms in total. The second-order valence-corrected chi connectivity index (χ2v) is 9.88. The Kier molecular flexibility index (Phi) is 7.97. The van der Waals surface area contributed by atoms with Gasteiger partial charge in [0.1, 0.15) is 11.5 Å². The summed E-state index contributed by atoms with van der Waals surface area (Å²) in [6, 6.07) is 16.1. The third-order valence-corrected chi connectivity index (χ3v) is 6.54. The summed E-state index contributed by atoms with van der Waals surface area (Å²) in [6.45, 7) is 6.48. The Bertz CT molecular complexity index is 1400. The molecular weight excluding hydrogens is 506 g/mol. The summed E-state index contributed by atoms with van der Waals surface area (Å²) in [5.74, 6) is 0.0440. The Morgan fingerprint density at radius 3 is 2.29 bits per heavy atom. The van der Waals surface area contributed by atoms with Crippen LogP contribution in [0, 0.1) is 12.8 Å². The summed E-state index contributed by atoms with van der Waals surface area (Å²) < 4.78 is 16.6. The molecule has 1 amide bonds. The van der Waals surface area contributed by atoms with E-state index in [4.69, 9.17) is 25.8 Å². The van der Waals surface area contributed by atoms with Crippen LogP contribution in [0.5, 0.6) is 17.2 Å². The van der Waals surface area contributed by atoms with Gasteiger partial charge in [-0.05, 0) is 72.5 Å². The van der Waals surface area contributed by atoms with E-state index in [1.54, 1.807) is 60.7 Å². The molecule has 0 bridgehead atoms. The van der Waals surface area contributed by atoms with E-state index in [0.717, 1.165) is 5.56 Å². The van der Waals surface area contributed by atoms with Crippen LogP contribution in [0.1, 0.15) is 36.6 Å². The van der Waals surface area contributed by atoms with Crippen LogP contribution in [0.2, 0.25) is 5.02 Å². The van der Waals surface area contributed by atoms with Crippen LogP contribution in [0.15, 0.2) is 66.2 Å². The van der Waals surface area contributed by atoms with E-state index in [9.17, 15) is 14.7 Å². The number of rotatable bonds is 8. The molecule has 1 aliphatic heterocycles. The molecule has 1 fully saturated rings. The van der Waals surface area contributed by atoms with Crippen molar-refractivity contribution in [3.05, 3.63) is 87.9 Å². The van der Waals surface area contributed by atoms with Gasteiger partial charge in [0.15, 0.2) is 11.5 Å². The van der Waals surface area contributed by atoms with E-state index in [2.05, 4.69) is 13.8 Å². The number of aliphatic hydroxyl groups is 1. The Balaban J connectivity index is 1.89. The van der Waals surface area contributed by atoms with Gasteiger partial charge in [-0.15, -0.1) is 0 Å². The van der Waals surface area contributed by atoms with Gasteiger partial charge in [0.05, 0.1) is 32.4 Å². The lowest BCUT2D eigenvalue weighted by molar-refractivity contribution is -0.132. The van der Waals surface area contributed by atoms with E-state index >= 15 is 0 Å². The van der Waals surface area contributed by atoms with E-state index in [1.165, 1.54) is 19.1 Å². The summed E-state index contributed by atoms with van der Waals surface area (Å²) in [7, 11) is 3.02. The molecule has 3 aromatic rings. The zero-order chi connectivity index (χ0) is 27.6. The minimum Gasteiger partial charge on any atom is -0.507 e. The average Bonchev–Trinajstić information content (AvgIpc) is 3.18. The number of amides is 1. The largest absolute Gasteiger partial charge is 0.507 e. The van der Waals surface area contributed by atoms with Crippen molar-refractivity contribution in [3.63, 3.8) is 0 Å². The minimum atomic E-state index is -0.941. The summed E-state index contributed by atoms with van der Waals surface area (Å²) >= 11 is 6.28. The Morgan fingerprint density at radius 1 is 0.974 bits per heavy atom. The van der Waals surface area contributed by atoms with Gasteiger partial charge in [-0.25, -0.2) is 0 Å². The number of benzene rings is 3.